The van der Waals surface area contributed by atoms with Gasteiger partial charge in [-0.05, 0) is 30.4 Å². The van der Waals surface area contributed by atoms with E-state index in [1.54, 1.807) is 11.0 Å². The lowest BCUT2D eigenvalue weighted by Gasteiger charge is -2.36. The van der Waals surface area contributed by atoms with E-state index in [-0.39, 0.29) is 48.1 Å². The summed E-state index contributed by atoms with van der Waals surface area (Å²) in [5.74, 6) is -2.31. The van der Waals surface area contributed by atoms with Crippen LogP contribution in [-0.2, 0) is 0 Å². The number of hydrazone groups is 1. The Morgan fingerprint density at radius 3 is 2.41 bits per heavy atom. The van der Waals surface area contributed by atoms with Gasteiger partial charge in [0.25, 0.3) is 5.91 Å². The van der Waals surface area contributed by atoms with Gasteiger partial charge in [0.05, 0.1) is 17.5 Å². The van der Waals surface area contributed by atoms with Crippen molar-refractivity contribution >= 4 is 35.1 Å². The van der Waals surface area contributed by atoms with Crippen molar-refractivity contribution in [3.63, 3.8) is 0 Å². The Kier molecular flexibility index (Phi) is 6.32. The molecule has 1 aliphatic rings. The van der Waals surface area contributed by atoms with Crippen LogP contribution in [0, 0.1) is 17.5 Å². The second-order valence-corrected chi connectivity index (χ2v) is 6.76. The molecule has 3 N–H and O–H groups in total. The average molecular weight is 421 g/mol. The van der Waals surface area contributed by atoms with E-state index in [9.17, 15) is 18.0 Å². The van der Waals surface area contributed by atoms with Gasteiger partial charge >= 0.3 is 0 Å². The van der Waals surface area contributed by atoms with Gasteiger partial charge in [-0.1, -0.05) is 12.1 Å². The Hall–Kier alpha value is -3.14. The number of rotatable bonds is 4. The van der Waals surface area contributed by atoms with Crippen LogP contribution in [0.2, 0.25) is 0 Å². The molecule has 1 heterocycles. The largest absolute Gasteiger partial charge is 0.375 e. The van der Waals surface area contributed by atoms with Gasteiger partial charge in [0.15, 0.2) is 5.11 Å². The first-order chi connectivity index (χ1) is 13.9. The number of hydrogen-bond donors (Lipinski definition) is 2. The van der Waals surface area contributed by atoms with Crippen LogP contribution in [0.5, 0.6) is 0 Å². The molecular formula is C19H18F3N5OS. The van der Waals surface area contributed by atoms with Gasteiger partial charge in [-0.2, -0.15) is 5.10 Å². The topological polar surface area (TPSA) is 74.0 Å². The van der Waals surface area contributed by atoms with Crippen molar-refractivity contribution in [1.29, 1.82) is 0 Å². The molecule has 1 aliphatic heterocycles. The van der Waals surface area contributed by atoms with Crippen LogP contribution in [0.4, 0.5) is 18.9 Å². The van der Waals surface area contributed by atoms with Crippen molar-refractivity contribution in [2.24, 2.45) is 10.8 Å². The molecule has 0 bridgehead atoms. The monoisotopic (exact) mass is 421 g/mol. The highest BCUT2D eigenvalue weighted by molar-refractivity contribution is 7.80. The average Bonchev–Trinajstić information content (AvgIpc) is 2.70. The molecule has 0 saturated carbocycles. The number of carbonyl (C=O) groups excluding carboxylic acids is 1. The lowest BCUT2D eigenvalue weighted by molar-refractivity contribution is 0.0742. The van der Waals surface area contributed by atoms with Crippen LogP contribution in [0.25, 0.3) is 0 Å². The van der Waals surface area contributed by atoms with E-state index >= 15 is 0 Å². The SMILES string of the molecule is NC(=S)NN=Cc1cc(F)c(N2CCN(C(=O)c3ccccc3F)CC2)cc1F. The van der Waals surface area contributed by atoms with Crippen LogP contribution in [0.1, 0.15) is 15.9 Å². The highest BCUT2D eigenvalue weighted by Crippen LogP contribution is 2.24. The fraction of sp³-hybridized carbons (Fsp3) is 0.211. The molecule has 0 aromatic heterocycles. The number of halogens is 3. The molecule has 29 heavy (non-hydrogen) atoms. The van der Waals surface area contributed by atoms with Crippen molar-refractivity contribution in [3.8, 4) is 0 Å². The quantitative estimate of drug-likeness (QED) is 0.450. The molecule has 1 saturated heterocycles. The van der Waals surface area contributed by atoms with Crippen molar-refractivity contribution in [3.05, 3.63) is 65.0 Å². The van der Waals surface area contributed by atoms with Gasteiger partial charge in [-0.3, -0.25) is 10.2 Å². The second-order valence-electron chi connectivity index (χ2n) is 6.32. The smallest absolute Gasteiger partial charge is 0.256 e. The fourth-order valence-corrected chi connectivity index (χ4v) is 3.07. The maximum absolute atomic E-state index is 14.5. The third-order valence-corrected chi connectivity index (χ3v) is 4.55. The number of nitrogens with one attached hydrogen (secondary N) is 1. The molecule has 0 radical (unpaired) electrons. The van der Waals surface area contributed by atoms with Crippen LogP contribution in [0.3, 0.4) is 0 Å². The van der Waals surface area contributed by atoms with Crippen LogP contribution >= 0.6 is 12.2 Å². The zero-order chi connectivity index (χ0) is 21.0. The number of anilines is 1. The molecule has 152 valence electrons. The van der Waals surface area contributed by atoms with E-state index in [2.05, 4.69) is 22.7 Å². The summed E-state index contributed by atoms with van der Waals surface area (Å²) in [6.45, 7) is 1.09. The first kappa shape index (κ1) is 20.6. The number of carbonyl (C=O) groups is 1. The molecule has 6 nitrogen and oxygen atoms in total. The van der Waals surface area contributed by atoms with E-state index in [0.29, 0.717) is 0 Å². The molecule has 0 unspecified atom stereocenters. The minimum atomic E-state index is -0.667. The van der Waals surface area contributed by atoms with Crippen molar-refractivity contribution in [2.45, 2.75) is 0 Å². The van der Waals surface area contributed by atoms with Crippen LogP contribution in [-0.4, -0.2) is 48.3 Å². The molecule has 2 aromatic carbocycles. The first-order valence-electron chi connectivity index (χ1n) is 8.73. The Morgan fingerprint density at radius 1 is 1.07 bits per heavy atom. The first-order valence-corrected chi connectivity index (χ1v) is 9.14. The molecule has 3 rings (SSSR count). The number of benzene rings is 2. The number of piperazine rings is 1. The molecule has 0 aliphatic carbocycles. The highest BCUT2D eigenvalue weighted by Gasteiger charge is 2.25. The Labute approximate surface area is 170 Å². The molecule has 1 amide bonds. The summed E-state index contributed by atoms with van der Waals surface area (Å²) in [6, 6.07) is 7.84. The number of thiocarbonyl (C=S) groups is 1. The molecule has 1 fully saturated rings. The standard InChI is InChI=1S/C19H18F3N5OS/c20-14-4-2-1-3-13(14)18(28)27-7-5-26(6-8-27)17-10-15(21)12(9-16(17)22)11-24-25-19(23)29/h1-4,9-11H,5-8H2,(H3,23,25,29). The number of nitrogens with zero attached hydrogens (tertiary/aromatic N) is 3. The van der Waals surface area contributed by atoms with Crippen molar-refractivity contribution in [2.75, 3.05) is 31.1 Å². The van der Waals surface area contributed by atoms with E-state index < -0.39 is 23.4 Å². The van der Waals surface area contributed by atoms with Gasteiger partial charge in [0.1, 0.15) is 17.5 Å². The van der Waals surface area contributed by atoms with E-state index in [1.165, 1.54) is 23.1 Å². The van der Waals surface area contributed by atoms with E-state index in [4.69, 9.17) is 5.73 Å². The summed E-state index contributed by atoms with van der Waals surface area (Å²) < 4.78 is 42.6. The summed E-state index contributed by atoms with van der Waals surface area (Å²) in [5, 5.41) is 3.52. The Balaban J connectivity index is 1.68. The minimum Gasteiger partial charge on any atom is -0.375 e. The van der Waals surface area contributed by atoms with Crippen molar-refractivity contribution in [1.82, 2.24) is 10.3 Å². The second kappa shape index (κ2) is 8.91. The predicted molar refractivity (Wildman–Crippen MR) is 108 cm³/mol. The van der Waals surface area contributed by atoms with Gasteiger partial charge in [0.2, 0.25) is 0 Å². The fourth-order valence-electron chi connectivity index (χ4n) is 3.01. The molecule has 0 atom stereocenters. The maximum Gasteiger partial charge on any atom is 0.256 e. The summed E-state index contributed by atoms with van der Waals surface area (Å²) in [4.78, 5) is 15.6. The Bertz CT molecular complexity index is 961. The molecule has 2 aromatic rings. The molecular weight excluding hydrogens is 403 g/mol. The van der Waals surface area contributed by atoms with Gasteiger partial charge in [-0.15, -0.1) is 0 Å². The number of nitrogens with two attached hydrogens (primary N) is 1. The lowest BCUT2D eigenvalue weighted by Crippen LogP contribution is -2.49. The summed E-state index contributed by atoms with van der Waals surface area (Å²) in [7, 11) is 0. The highest BCUT2D eigenvalue weighted by atomic mass is 32.1. The summed E-state index contributed by atoms with van der Waals surface area (Å²) in [5.41, 5.74) is 7.48. The Morgan fingerprint density at radius 2 is 1.76 bits per heavy atom. The van der Waals surface area contributed by atoms with E-state index in [1.807, 2.05) is 0 Å². The van der Waals surface area contributed by atoms with Crippen LogP contribution < -0.4 is 16.1 Å². The number of hydrogen-bond acceptors (Lipinski definition) is 4. The zero-order valence-corrected chi connectivity index (χ0v) is 16.1. The normalized spacial score (nSPS) is 14.3. The zero-order valence-electron chi connectivity index (χ0n) is 15.2. The molecule has 0 spiro atoms. The van der Waals surface area contributed by atoms with Crippen LogP contribution in [0.15, 0.2) is 41.5 Å². The van der Waals surface area contributed by atoms with E-state index in [0.717, 1.165) is 18.3 Å². The van der Waals surface area contributed by atoms with Gasteiger partial charge in [-0.25, -0.2) is 13.2 Å². The lowest BCUT2D eigenvalue weighted by atomic mass is 10.1. The third kappa shape index (κ3) is 4.83. The molecule has 10 heteroatoms. The van der Waals surface area contributed by atoms with Gasteiger partial charge < -0.3 is 15.5 Å². The number of amides is 1. The summed E-state index contributed by atoms with van der Waals surface area (Å²) in [6.07, 6.45) is 1.08. The predicted octanol–water partition coefficient (Wildman–Crippen LogP) is 2.23. The van der Waals surface area contributed by atoms with Gasteiger partial charge in [0, 0.05) is 37.8 Å². The summed E-state index contributed by atoms with van der Waals surface area (Å²) >= 11 is 4.57. The maximum atomic E-state index is 14.5. The third-order valence-electron chi connectivity index (χ3n) is 4.46. The minimum absolute atomic E-state index is 0.00705. The van der Waals surface area contributed by atoms with Crippen molar-refractivity contribution < 1.29 is 18.0 Å².